The Hall–Kier alpha value is -4.08. The first-order valence-corrected chi connectivity index (χ1v) is 12.1. The van der Waals surface area contributed by atoms with Gasteiger partial charge >= 0.3 is 11.6 Å². The average molecular weight is 538 g/mol. The summed E-state index contributed by atoms with van der Waals surface area (Å²) in [5, 5.41) is 11.7. The molecule has 0 radical (unpaired) electrons. The summed E-state index contributed by atoms with van der Waals surface area (Å²) in [7, 11) is 1.27. The molecule has 2 aromatic heterocycles. The fraction of sp³-hybridized carbons (Fsp3) is 0.0741. The summed E-state index contributed by atoms with van der Waals surface area (Å²) in [6, 6.07) is 16.6. The molecule has 1 N–H and O–H groups in total. The van der Waals surface area contributed by atoms with Crippen LogP contribution in [-0.2, 0) is 11.3 Å². The standard InChI is InChI=1S/C27H17ClFNO6S/c1-35-26(33)15-4-9-18(10-5-15)37-24-22(31)21-23(36-27(24)34)19-11-6-16(28)12-20(19)30(25(21)32)13-14-2-7-17(29)8-3-14/h2-12,31H,13H2,1H3. The molecule has 186 valence electrons. The van der Waals surface area contributed by atoms with Crippen molar-refractivity contribution in [3.8, 4) is 5.75 Å². The monoisotopic (exact) mass is 537 g/mol. The average Bonchev–Trinajstić information content (AvgIpc) is 2.89. The summed E-state index contributed by atoms with van der Waals surface area (Å²) in [6.07, 6.45) is 0. The molecule has 0 atom stereocenters. The number of nitrogens with zero attached hydrogens (tertiary/aromatic N) is 1. The van der Waals surface area contributed by atoms with E-state index in [1.54, 1.807) is 42.5 Å². The van der Waals surface area contributed by atoms with Crippen molar-refractivity contribution >= 4 is 51.2 Å². The summed E-state index contributed by atoms with van der Waals surface area (Å²) in [4.78, 5) is 38.6. The van der Waals surface area contributed by atoms with Crippen molar-refractivity contribution in [2.45, 2.75) is 16.3 Å². The van der Waals surface area contributed by atoms with Gasteiger partial charge in [-0.3, -0.25) is 4.79 Å². The molecule has 7 nitrogen and oxygen atoms in total. The topological polar surface area (TPSA) is 98.7 Å². The molecule has 5 aromatic rings. The number of carbonyl (C=O) groups excluding carboxylic acids is 1. The van der Waals surface area contributed by atoms with E-state index >= 15 is 0 Å². The van der Waals surface area contributed by atoms with E-state index in [1.807, 2.05) is 0 Å². The van der Waals surface area contributed by atoms with Gasteiger partial charge in [0.1, 0.15) is 16.1 Å². The first-order chi connectivity index (χ1) is 17.8. The van der Waals surface area contributed by atoms with E-state index in [9.17, 15) is 23.9 Å². The molecule has 0 aliphatic carbocycles. The molecule has 0 aliphatic heterocycles. The summed E-state index contributed by atoms with van der Waals surface area (Å²) in [5.41, 5.74) is -0.176. The minimum Gasteiger partial charge on any atom is -0.505 e. The van der Waals surface area contributed by atoms with E-state index < -0.39 is 28.7 Å². The number of benzene rings is 3. The van der Waals surface area contributed by atoms with Crippen molar-refractivity contribution in [2.24, 2.45) is 0 Å². The molecule has 0 fully saturated rings. The highest BCUT2D eigenvalue weighted by Crippen LogP contribution is 2.37. The molecular formula is C27H17ClFNO6S. The number of methoxy groups -OCH3 is 1. The summed E-state index contributed by atoms with van der Waals surface area (Å²) >= 11 is 7.09. The van der Waals surface area contributed by atoms with Gasteiger partial charge in [-0.25, -0.2) is 14.0 Å². The van der Waals surface area contributed by atoms with Gasteiger partial charge in [0, 0.05) is 15.3 Å². The minimum absolute atomic E-state index is 0.0575. The lowest BCUT2D eigenvalue weighted by Crippen LogP contribution is -2.23. The fourth-order valence-corrected chi connectivity index (χ4v) is 4.97. The smallest absolute Gasteiger partial charge is 0.354 e. The number of aromatic hydroxyl groups is 1. The molecule has 10 heteroatoms. The molecule has 3 aromatic carbocycles. The van der Waals surface area contributed by atoms with Crippen LogP contribution in [0.2, 0.25) is 5.02 Å². The third-order valence-corrected chi connectivity index (χ3v) is 7.07. The van der Waals surface area contributed by atoms with Crippen LogP contribution in [-0.4, -0.2) is 22.8 Å². The van der Waals surface area contributed by atoms with E-state index in [1.165, 1.54) is 35.9 Å². The predicted octanol–water partition coefficient (Wildman–Crippen LogP) is 5.59. The second kappa shape index (κ2) is 9.76. The maximum absolute atomic E-state index is 13.7. The van der Waals surface area contributed by atoms with Gasteiger partial charge < -0.3 is 18.8 Å². The number of hydrogen-bond acceptors (Lipinski definition) is 7. The Labute approximate surface area is 217 Å². The van der Waals surface area contributed by atoms with Crippen LogP contribution in [0, 0.1) is 5.82 Å². The maximum atomic E-state index is 13.7. The first-order valence-electron chi connectivity index (χ1n) is 10.9. The van der Waals surface area contributed by atoms with Gasteiger partial charge in [-0.2, -0.15) is 0 Å². The normalized spacial score (nSPS) is 11.2. The SMILES string of the molecule is COC(=O)c1ccc(Sc2c(O)c3c(=O)n(Cc4ccc(F)cc4)c4cc(Cl)ccc4c3oc2=O)cc1. The highest BCUT2D eigenvalue weighted by molar-refractivity contribution is 7.99. The number of fused-ring (bicyclic) bond motifs is 3. The summed E-state index contributed by atoms with van der Waals surface area (Å²) < 4.78 is 25.1. The van der Waals surface area contributed by atoms with E-state index in [0.717, 1.165) is 11.8 Å². The van der Waals surface area contributed by atoms with Gasteiger partial charge in [0.15, 0.2) is 11.3 Å². The zero-order chi connectivity index (χ0) is 26.3. The van der Waals surface area contributed by atoms with Gasteiger partial charge in [0.05, 0.1) is 24.7 Å². The van der Waals surface area contributed by atoms with Crippen molar-refractivity contribution in [2.75, 3.05) is 7.11 Å². The van der Waals surface area contributed by atoms with E-state index in [4.69, 9.17) is 16.0 Å². The van der Waals surface area contributed by atoms with Crippen LogP contribution in [0.1, 0.15) is 15.9 Å². The molecule has 5 rings (SSSR count). The molecule has 2 heterocycles. The molecule has 0 unspecified atom stereocenters. The van der Waals surface area contributed by atoms with Crippen molar-refractivity contribution < 1.29 is 23.4 Å². The molecule has 0 spiro atoms. The lowest BCUT2D eigenvalue weighted by Gasteiger charge is -2.14. The van der Waals surface area contributed by atoms with Gasteiger partial charge in [-0.15, -0.1) is 0 Å². The predicted molar refractivity (Wildman–Crippen MR) is 138 cm³/mol. The van der Waals surface area contributed by atoms with Crippen LogP contribution in [0.4, 0.5) is 4.39 Å². The highest BCUT2D eigenvalue weighted by Gasteiger charge is 2.23. The number of rotatable bonds is 5. The van der Waals surface area contributed by atoms with Crippen LogP contribution in [0.5, 0.6) is 5.75 Å². The van der Waals surface area contributed by atoms with E-state index in [-0.39, 0.29) is 22.4 Å². The second-order valence-electron chi connectivity index (χ2n) is 8.07. The maximum Gasteiger partial charge on any atom is 0.354 e. The zero-order valence-electron chi connectivity index (χ0n) is 19.2. The fourth-order valence-electron chi connectivity index (χ4n) is 3.97. The third-order valence-electron chi connectivity index (χ3n) is 5.76. The number of halogens is 2. The highest BCUT2D eigenvalue weighted by atomic mass is 35.5. The molecule has 0 bridgehead atoms. The largest absolute Gasteiger partial charge is 0.505 e. The Morgan fingerprint density at radius 1 is 1.08 bits per heavy atom. The quantitative estimate of drug-likeness (QED) is 0.230. The minimum atomic E-state index is -0.834. The molecule has 37 heavy (non-hydrogen) atoms. The molecule has 0 saturated carbocycles. The Morgan fingerprint density at radius 2 is 1.78 bits per heavy atom. The van der Waals surface area contributed by atoms with Crippen LogP contribution in [0.25, 0.3) is 21.9 Å². The van der Waals surface area contributed by atoms with Crippen LogP contribution >= 0.6 is 23.4 Å². The number of aromatic nitrogens is 1. The molecular weight excluding hydrogens is 521 g/mol. The number of esters is 1. The van der Waals surface area contributed by atoms with Crippen molar-refractivity contribution in [1.82, 2.24) is 4.57 Å². The zero-order valence-corrected chi connectivity index (χ0v) is 20.7. The first kappa shape index (κ1) is 24.6. The lowest BCUT2D eigenvalue weighted by molar-refractivity contribution is 0.0600. The van der Waals surface area contributed by atoms with E-state index in [2.05, 4.69) is 4.74 Å². The van der Waals surface area contributed by atoms with Gasteiger partial charge in [0.2, 0.25) is 0 Å². The second-order valence-corrected chi connectivity index (χ2v) is 9.59. The molecule has 0 saturated heterocycles. The lowest BCUT2D eigenvalue weighted by atomic mass is 10.1. The Bertz CT molecular complexity index is 1800. The Kier molecular flexibility index (Phi) is 6.49. The van der Waals surface area contributed by atoms with Gasteiger partial charge in [0.25, 0.3) is 5.56 Å². The summed E-state index contributed by atoms with van der Waals surface area (Å²) in [5.74, 6) is -1.45. The van der Waals surface area contributed by atoms with Crippen LogP contribution in [0.3, 0.4) is 0 Å². The van der Waals surface area contributed by atoms with Crippen LogP contribution < -0.4 is 11.2 Å². The Morgan fingerprint density at radius 3 is 2.46 bits per heavy atom. The van der Waals surface area contributed by atoms with Crippen molar-refractivity contribution in [3.63, 3.8) is 0 Å². The number of ether oxygens (including phenoxy) is 1. The molecule has 0 amide bonds. The van der Waals surface area contributed by atoms with E-state index in [0.29, 0.717) is 31.9 Å². The van der Waals surface area contributed by atoms with Gasteiger partial charge in [-0.05, 0) is 60.2 Å². The van der Waals surface area contributed by atoms with Crippen molar-refractivity contribution in [1.29, 1.82) is 0 Å². The number of carbonyl (C=O) groups is 1. The molecule has 0 aliphatic rings. The van der Waals surface area contributed by atoms with Crippen molar-refractivity contribution in [3.05, 3.63) is 109 Å². The summed E-state index contributed by atoms with van der Waals surface area (Å²) in [6.45, 7) is 0.0575. The third kappa shape index (κ3) is 4.59. The van der Waals surface area contributed by atoms with Crippen LogP contribution in [0.15, 0.2) is 90.5 Å². The Balaban J connectivity index is 1.70. The van der Waals surface area contributed by atoms with Gasteiger partial charge in [-0.1, -0.05) is 35.5 Å². The number of hydrogen-bond donors (Lipinski definition) is 1. The number of pyridine rings is 1.